The van der Waals surface area contributed by atoms with E-state index in [1.165, 1.54) is 12.1 Å². The zero-order valence-electron chi connectivity index (χ0n) is 16.0. The molecule has 0 radical (unpaired) electrons. The molecule has 0 aliphatic rings. The van der Waals surface area contributed by atoms with E-state index in [1.807, 2.05) is 38.1 Å². The van der Waals surface area contributed by atoms with E-state index in [2.05, 4.69) is 15.3 Å². The molecule has 0 spiro atoms. The Bertz CT molecular complexity index is 943. The molecule has 2 aromatic carbocycles. The third kappa shape index (κ3) is 4.91. The van der Waals surface area contributed by atoms with Crippen LogP contribution in [0.4, 0.5) is 16.0 Å². The van der Waals surface area contributed by atoms with Crippen molar-refractivity contribution in [2.45, 2.75) is 20.3 Å². The highest BCUT2D eigenvalue weighted by Crippen LogP contribution is 2.18. The van der Waals surface area contributed by atoms with Gasteiger partial charge in [-0.05, 0) is 61.7 Å². The van der Waals surface area contributed by atoms with Crippen LogP contribution < -0.4 is 10.2 Å². The summed E-state index contributed by atoms with van der Waals surface area (Å²) in [5, 5.41) is 3.12. The number of anilines is 2. The summed E-state index contributed by atoms with van der Waals surface area (Å²) in [6, 6.07) is 15.8. The fourth-order valence-corrected chi connectivity index (χ4v) is 2.91. The average molecular weight is 378 g/mol. The van der Waals surface area contributed by atoms with Crippen LogP contribution in [-0.2, 0) is 6.42 Å². The lowest BCUT2D eigenvalue weighted by Gasteiger charge is -2.21. The van der Waals surface area contributed by atoms with Crippen molar-refractivity contribution < 1.29 is 9.18 Å². The minimum atomic E-state index is -0.250. The number of benzene rings is 2. The summed E-state index contributed by atoms with van der Waals surface area (Å²) in [6.45, 7) is 5.05. The molecule has 144 valence electrons. The second-order valence-corrected chi connectivity index (χ2v) is 6.46. The van der Waals surface area contributed by atoms with Gasteiger partial charge in [0.15, 0.2) is 0 Å². The van der Waals surface area contributed by atoms with Gasteiger partial charge in [0, 0.05) is 25.0 Å². The molecule has 0 fully saturated rings. The normalized spacial score (nSPS) is 10.5. The summed E-state index contributed by atoms with van der Waals surface area (Å²) in [4.78, 5) is 23.2. The number of carbonyl (C=O) groups excluding carboxylic acids is 1. The number of rotatable bonds is 7. The first-order valence-electron chi connectivity index (χ1n) is 9.26. The molecule has 3 aromatic rings. The zero-order chi connectivity index (χ0) is 19.9. The average Bonchev–Trinajstić information content (AvgIpc) is 2.70. The Morgan fingerprint density at radius 2 is 1.93 bits per heavy atom. The number of hydrogen-bond donors (Lipinski definition) is 1. The maximum Gasteiger partial charge on any atom is 0.277 e. The Morgan fingerprint density at radius 1 is 1.14 bits per heavy atom. The van der Waals surface area contributed by atoms with Gasteiger partial charge in [-0.1, -0.05) is 24.3 Å². The Labute approximate surface area is 164 Å². The number of aromatic nitrogens is 2. The molecule has 3 rings (SSSR count). The van der Waals surface area contributed by atoms with E-state index in [0.717, 1.165) is 16.8 Å². The van der Waals surface area contributed by atoms with Gasteiger partial charge in [0.1, 0.15) is 11.5 Å². The molecular formula is C22H23FN4O. The van der Waals surface area contributed by atoms with Crippen molar-refractivity contribution in [1.82, 2.24) is 9.97 Å². The van der Waals surface area contributed by atoms with Gasteiger partial charge < -0.3 is 10.2 Å². The Morgan fingerprint density at radius 3 is 2.64 bits per heavy atom. The lowest BCUT2D eigenvalue weighted by molar-refractivity contribution is 0.0983. The molecule has 1 aromatic heterocycles. The van der Waals surface area contributed by atoms with Gasteiger partial charge in [-0.2, -0.15) is 0 Å². The zero-order valence-corrected chi connectivity index (χ0v) is 16.0. The van der Waals surface area contributed by atoms with E-state index >= 15 is 0 Å². The summed E-state index contributed by atoms with van der Waals surface area (Å²) in [6.07, 6.45) is 2.27. The highest BCUT2D eigenvalue weighted by molar-refractivity contribution is 6.04. The summed E-state index contributed by atoms with van der Waals surface area (Å²) in [5.74, 6) is -0.0225. The van der Waals surface area contributed by atoms with Crippen molar-refractivity contribution in [2.75, 3.05) is 23.3 Å². The number of amides is 1. The molecule has 0 saturated heterocycles. The lowest BCUT2D eigenvalue weighted by Crippen LogP contribution is -2.31. The van der Waals surface area contributed by atoms with Crippen LogP contribution in [0.3, 0.4) is 0 Å². The Hall–Kier alpha value is -3.28. The second kappa shape index (κ2) is 9.08. The number of nitrogens with zero attached hydrogens (tertiary/aromatic N) is 3. The Kier molecular flexibility index (Phi) is 6.32. The smallest absolute Gasteiger partial charge is 0.277 e. The molecule has 0 aliphatic heterocycles. The third-order valence-electron chi connectivity index (χ3n) is 4.36. The van der Waals surface area contributed by atoms with Gasteiger partial charge >= 0.3 is 0 Å². The van der Waals surface area contributed by atoms with Gasteiger partial charge in [0.25, 0.3) is 5.91 Å². The molecule has 28 heavy (non-hydrogen) atoms. The van der Waals surface area contributed by atoms with Crippen molar-refractivity contribution in [3.63, 3.8) is 0 Å². The molecule has 0 atom stereocenters. The van der Waals surface area contributed by atoms with E-state index in [1.54, 1.807) is 29.3 Å². The van der Waals surface area contributed by atoms with Gasteiger partial charge in [-0.3, -0.25) is 4.79 Å². The SMILES string of the molecule is CCN(C(=O)c1ccnc(NCCc2ccc(F)cc2)n1)c1cccc(C)c1. The number of nitrogens with one attached hydrogen (secondary N) is 1. The third-order valence-corrected chi connectivity index (χ3v) is 4.36. The number of hydrogen-bond acceptors (Lipinski definition) is 4. The van der Waals surface area contributed by atoms with Crippen LogP contribution in [-0.4, -0.2) is 29.0 Å². The first-order chi connectivity index (χ1) is 13.6. The van der Waals surface area contributed by atoms with Crippen LogP contribution in [0.2, 0.25) is 0 Å². The minimum absolute atomic E-state index is 0.169. The fourth-order valence-electron chi connectivity index (χ4n) is 2.91. The van der Waals surface area contributed by atoms with Crippen molar-refractivity contribution in [1.29, 1.82) is 0 Å². The maximum absolute atomic E-state index is 13.0. The fraction of sp³-hybridized carbons (Fsp3) is 0.227. The molecule has 1 heterocycles. The highest BCUT2D eigenvalue weighted by atomic mass is 19.1. The quantitative estimate of drug-likeness (QED) is 0.668. The van der Waals surface area contributed by atoms with Crippen LogP contribution in [0, 0.1) is 12.7 Å². The summed E-state index contributed by atoms with van der Waals surface area (Å²) in [7, 11) is 0. The molecule has 5 nitrogen and oxygen atoms in total. The first kappa shape index (κ1) is 19.5. The predicted octanol–water partition coefficient (Wildman–Crippen LogP) is 4.25. The molecule has 6 heteroatoms. The van der Waals surface area contributed by atoms with Crippen LogP contribution in [0.25, 0.3) is 0 Å². The molecule has 0 bridgehead atoms. The van der Waals surface area contributed by atoms with E-state index in [-0.39, 0.29) is 11.7 Å². The summed E-state index contributed by atoms with van der Waals surface area (Å²) in [5.41, 5.74) is 3.28. The van der Waals surface area contributed by atoms with Gasteiger partial charge in [-0.25, -0.2) is 14.4 Å². The van der Waals surface area contributed by atoms with Gasteiger partial charge in [0.05, 0.1) is 0 Å². The molecule has 1 amide bonds. The summed E-state index contributed by atoms with van der Waals surface area (Å²) >= 11 is 0. The second-order valence-electron chi connectivity index (χ2n) is 6.46. The molecular weight excluding hydrogens is 355 g/mol. The number of aryl methyl sites for hydroxylation is 1. The largest absolute Gasteiger partial charge is 0.354 e. The minimum Gasteiger partial charge on any atom is -0.354 e. The lowest BCUT2D eigenvalue weighted by atomic mass is 10.1. The van der Waals surface area contributed by atoms with Crippen molar-refractivity contribution in [3.05, 3.63) is 83.4 Å². The van der Waals surface area contributed by atoms with Crippen LogP contribution in [0.15, 0.2) is 60.8 Å². The Balaban J connectivity index is 1.67. The number of carbonyl (C=O) groups is 1. The van der Waals surface area contributed by atoms with Crippen molar-refractivity contribution >= 4 is 17.5 Å². The monoisotopic (exact) mass is 378 g/mol. The maximum atomic E-state index is 13.0. The predicted molar refractivity (Wildman–Crippen MR) is 109 cm³/mol. The number of halogens is 1. The van der Waals surface area contributed by atoms with Crippen LogP contribution >= 0.6 is 0 Å². The van der Waals surface area contributed by atoms with Crippen molar-refractivity contribution in [2.24, 2.45) is 0 Å². The van der Waals surface area contributed by atoms with Crippen LogP contribution in [0.5, 0.6) is 0 Å². The molecule has 0 aliphatic carbocycles. The first-order valence-corrected chi connectivity index (χ1v) is 9.26. The van der Waals surface area contributed by atoms with Gasteiger partial charge in [0.2, 0.25) is 5.95 Å². The standard InChI is InChI=1S/C22H23FN4O/c1-3-27(19-6-4-5-16(2)15-19)21(28)20-12-14-25-22(26-20)24-13-11-17-7-9-18(23)10-8-17/h4-10,12,14-15H,3,11,13H2,1-2H3,(H,24,25,26). The molecule has 0 unspecified atom stereocenters. The van der Waals surface area contributed by atoms with E-state index in [4.69, 9.17) is 0 Å². The van der Waals surface area contributed by atoms with E-state index < -0.39 is 0 Å². The van der Waals surface area contributed by atoms with Gasteiger partial charge in [-0.15, -0.1) is 0 Å². The molecule has 0 saturated carbocycles. The summed E-state index contributed by atoms with van der Waals surface area (Å²) < 4.78 is 13.0. The van der Waals surface area contributed by atoms with E-state index in [0.29, 0.717) is 31.2 Å². The van der Waals surface area contributed by atoms with Crippen molar-refractivity contribution in [3.8, 4) is 0 Å². The topological polar surface area (TPSA) is 58.1 Å². The molecule has 1 N–H and O–H groups in total. The van der Waals surface area contributed by atoms with Crippen LogP contribution in [0.1, 0.15) is 28.5 Å². The van der Waals surface area contributed by atoms with E-state index in [9.17, 15) is 9.18 Å². The highest BCUT2D eigenvalue weighted by Gasteiger charge is 2.18.